The number of ether oxygens (including phenoxy) is 2. The monoisotopic (exact) mass is 477 g/mol. The van der Waals surface area contributed by atoms with Gasteiger partial charge in [0.25, 0.3) is 0 Å². The van der Waals surface area contributed by atoms with Gasteiger partial charge < -0.3 is 9.47 Å². The summed E-state index contributed by atoms with van der Waals surface area (Å²) < 4.78 is 12.4. The Morgan fingerprint density at radius 3 is 2.50 bits per heavy atom. The SMILES string of the molecule is COc1cc(C=Nc2cccc(Cl)c2C)cc(Cl)c1OCc1ccc(Br)cc1. The number of hydrogen-bond donors (Lipinski definition) is 0. The molecule has 0 heterocycles. The fourth-order valence-corrected chi connectivity index (χ4v) is 3.28. The van der Waals surface area contributed by atoms with Gasteiger partial charge >= 0.3 is 0 Å². The van der Waals surface area contributed by atoms with E-state index in [1.54, 1.807) is 19.4 Å². The van der Waals surface area contributed by atoms with E-state index in [1.807, 2.05) is 55.5 Å². The van der Waals surface area contributed by atoms with Gasteiger partial charge in [0, 0.05) is 15.7 Å². The third-order valence-electron chi connectivity index (χ3n) is 4.14. The Balaban J connectivity index is 1.81. The standard InChI is InChI=1S/C22H18BrCl2NO2/c1-14-18(24)4-3-5-20(14)26-12-16-10-19(25)22(21(11-16)27-2)28-13-15-6-8-17(23)9-7-15/h3-12H,13H2,1-2H3. The average Bonchev–Trinajstić information content (AvgIpc) is 2.69. The van der Waals surface area contributed by atoms with Gasteiger partial charge in [-0.25, -0.2) is 0 Å². The molecule has 0 atom stereocenters. The van der Waals surface area contributed by atoms with E-state index in [2.05, 4.69) is 20.9 Å². The van der Waals surface area contributed by atoms with Crippen molar-refractivity contribution in [2.75, 3.05) is 7.11 Å². The van der Waals surface area contributed by atoms with Gasteiger partial charge in [0.2, 0.25) is 0 Å². The van der Waals surface area contributed by atoms with Gasteiger partial charge in [-0.2, -0.15) is 0 Å². The molecule has 3 aromatic carbocycles. The molecule has 0 spiro atoms. The van der Waals surface area contributed by atoms with E-state index in [4.69, 9.17) is 32.7 Å². The number of rotatable bonds is 6. The van der Waals surface area contributed by atoms with Gasteiger partial charge in [-0.05, 0) is 60.0 Å². The maximum absolute atomic E-state index is 6.45. The molecule has 0 N–H and O–H groups in total. The fraction of sp³-hybridized carbons (Fsp3) is 0.136. The number of hydrogen-bond acceptors (Lipinski definition) is 3. The quantitative estimate of drug-likeness (QED) is 0.345. The summed E-state index contributed by atoms with van der Waals surface area (Å²) in [4.78, 5) is 4.52. The maximum atomic E-state index is 6.45. The van der Waals surface area contributed by atoms with E-state index >= 15 is 0 Å². The summed E-state index contributed by atoms with van der Waals surface area (Å²) >= 11 is 16.0. The van der Waals surface area contributed by atoms with Crippen molar-refractivity contribution >= 4 is 51.0 Å². The molecule has 0 aliphatic carbocycles. The molecule has 6 heteroatoms. The number of aliphatic imine (C=N–C) groups is 1. The molecule has 0 amide bonds. The van der Waals surface area contributed by atoms with Crippen molar-refractivity contribution in [2.45, 2.75) is 13.5 Å². The van der Waals surface area contributed by atoms with E-state index in [1.165, 1.54) is 0 Å². The highest BCUT2D eigenvalue weighted by Gasteiger charge is 2.12. The number of benzene rings is 3. The minimum Gasteiger partial charge on any atom is -0.493 e. The van der Waals surface area contributed by atoms with Crippen LogP contribution in [-0.4, -0.2) is 13.3 Å². The van der Waals surface area contributed by atoms with Crippen molar-refractivity contribution in [3.05, 3.63) is 85.8 Å². The first-order chi connectivity index (χ1) is 13.5. The molecule has 0 aliphatic heterocycles. The van der Waals surface area contributed by atoms with Crippen LogP contribution in [0.1, 0.15) is 16.7 Å². The second-order valence-electron chi connectivity index (χ2n) is 6.09. The van der Waals surface area contributed by atoms with Gasteiger partial charge in [0.05, 0.1) is 17.8 Å². The van der Waals surface area contributed by atoms with Crippen LogP contribution in [0, 0.1) is 6.92 Å². The van der Waals surface area contributed by atoms with E-state index in [9.17, 15) is 0 Å². The molecule has 144 valence electrons. The largest absolute Gasteiger partial charge is 0.493 e. The van der Waals surface area contributed by atoms with E-state index in [0.717, 1.165) is 26.9 Å². The van der Waals surface area contributed by atoms with Crippen LogP contribution in [0.5, 0.6) is 11.5 Å². The second-order valence-corrected chi connectivity index (χ2v) is 7.82. The Morgan fingerprint density at radius 1 is 1.04 bits per heavy atom. The molecule has 3 rings (SSSR count). The summed E-state index contributed by atoms with van der Waals surface area (Å²) in [5.41, 5.74) is 3.56. The van der Waals surface area contributed by atoms with Crippen molar-refractivity contribution < 1.29 is 9.47 Å². The molecular weight excluding hydrogens is 461 g/mol. The predicted octanol–water partition coefficient (Wildman–Crippen LogP) is 7.40. The Hall–Kier alpha value is -2.01. The number of nitrogens with zero attached hydrogens (tertiary/aromatic N) is 1. The lowest BCUT2D eigenvalue weighted by molar-refractivity contribution is 0.284. The molecule has 0 radical (unpaired) electrons. The van der Waals surface area contributed by atoms with Gasteiger partial charge in [0.15, 0.2) is 11.5 Å². The van der Waals surface area contributed by atoms with Crippen molar-refractivity contribution in [3.8, 4) is 11.5 Å². The third kappa shape index (κ3) is 5.07. The van der Waals surface area contributed by atoms with Crippen LogP contribution >= 0.6 is 39.1 Å². The van der Waals surface area contributed by atoms with Crippen LogP contribution in [0.3, 0.4) is 0 Å². The molecule has 0 unspecified atom stereocenters. The van der Waals surface area contributed by atoms with E-state index in [-0.39, 0.29) is 0 Å². The van der Waals surface area contributed by atoms with Crippen LogP contribution in [-0.2, 0) is 6.61 Å². The van der Waals surface area contributed by atoms with E-state index in [0.29, 0.717) is 28.2 Å². The summed E-state index contributed by atoms with van der Waals surface area (Å²) in [6, 6.07) is 17.2. The normalized spacial score (nSPS) is 11.0. The smallest absolute Gasteiger partial charge is 0.180 e. The average molecular weight is 479 g/mol. The van der Waals surface area contributed by atoms with Crippen LogP contribution in [0.4, 0.5) is 5.69 Å². The van der Waals surface area contributed by atoms with Gasteiger partial charge in [0.1, 0.15) is 6.61 Å². The highest BCUT2D eigenvalue weighted by molar-refractivity contribution is 9.10. The molecule has 3 aromatic rings. The maximum Gasteiger partial charge on any atom is 0.180 e. The number of halogens is 3. The van der Waals surface area contributed by atoms with Gasteiger partial charge in [-0.15, -0.1) is 0 Å². The lowest BCUT2D eigenvalue weighted by atomic mass is 10.2. The topological polar surface area (TPSA) is 30.8 Å². The molecule has 0 aromatic heterocycles. The van der Waals surface area contributed by atoms with Crippen molar-refractivity contribution in [2.24, 2.45) is 4.99 Å². The fourth-order valence-electron chi connectivity index (χ4n) is 2.57. The Labute approximate surface area is 183 Å². The lowest BCUT2D eigenvalue weighted by Gasteiger charge is -2.13. The molecule has 3 nitrogen and oxygen atoms in total. The summed E-state index contributed by atoms with van der Waals surface area (Å²) in [5.74, 6) is 1.05. The minimum atomic E-state index is 0.387. The molecular formula is C22H18BrCl2NO2. The zero-order chi connectivity index (χ0) is 20.1. The molecule has 0 saturated heterocycles. The van der Waals surface area contributed by atoms with Crippen LogP contribution in [0.2, 0.25) is 10.0 Å². The highest BCUT2D eigenvalue weighted by Crippen LogP contribution is 2.37. The van der Waals surface area contributed by atoms with Crippen molar-refractivity contribution in [3.63, 3.8) is 0 Å². The van der Waals surface area contributed by atoms with Crippen LogP contribution < -0.4 is 9.47 Å². The Morgan fingerprint density at radius 2 is 1.79 bits per heavy atom. The van der Waals surface area contributed by atoms with Gasteiger partial charge in [-0.3, -0.25) is 4.99 Å². The third-order valence-corrected chi connectivity index (χ3v) is 5.36. The lowest BCUT2D eigenvalue weighted by Crippen LogP contribution is -1.99. The van der Waals surface area contributed by atoms with E-state index < -0.39 is 0 Å². The predicted molar refractivity (Wildman–Crippen MR) is 120 cm³/mol. The molecule has 28 heavy (non-hydrogen) atoms. The Bertz CT molecular complexity index is 1000. The minimum absolute atomic E-state index is 0.387. The molecule has 0 aliphatic rings. The van der Waals surface area contributed by atoms with Crippen LogP contribution in [0.15, 0.2) is 64.1 Å². The summed E-state index contributed by atoms with van der Waals surface area (Å²) in [7, 11) is 1.58. The summed E-state index contributed by atoms with van der Waals surface area (Å²) in [6.45, 7) is 2.32. The summed E-state index contributed by atoms with van der Waals surface area (Å²) in [5, 5.41) is 1.14. The molecule has 0 saturated carbocycles. The Kier molecular flexibility index (Phi) is 7.00. The summed E-state index contributed by atoms with van der Waals surface area (Å²) in [6.07, 6.45) is 1.73. The molecule has 0 bridgehead atoms. The first kappa shape index (κ1) is 20.7. The van der Waals surface area contributed by atoms with Crippen molar-refractivity contribution in [1.29, 1.82) is 0 Å². The first-order valence-corrected chi connectivity index (χ1v) is 10.1. The van der Waals surface area contributed by atoms with Gasteiger partial charge in [-0.1, -0.05) is 57.3 Å². The van der Waals surface area contributed by atoms with Crippen LogP contribution in [0.25, 0.3) is 0 Å². The molecule has 0 fully saturated rings. The zero-order valence-electron chi connectivity index (χ0n) is 15.4. The van der Waals surface area contributed by atoms with Crippen molar-refractivity contribution in [1.82, 2.24) is 0 Å². The first-order valence-electron chi connectivity index (χ1n) is 8.52. The second kappa shape index (κ2) is 9.46. The number of methoxy groups -OCH3 is 1. The zero-order valence-corrected chi connectivity index (χ0v) is 18.5. The highest BCUT2D eigenvalue weighted by atomic mass is 79.9.